The Kier molecular flexibility index (Phi) is 6.67. The predicted octanol–water partition coefficient (Wildman–Crippen LogP) is 2.85. The molecule has 1 fully saturated rings. The van der Waals surface area contributed by atoms with Crippen LogP contribution in [0.5, 0.6) is 11.5 Å². The normalized spacial score (nSPS) is 19.2. The number of amides is 1. The number of methoxy groups -OCH3 is 1. The molecule has 25 heavy (non-hydrogen) atoms. The third kappa shape index (κ3) is 5.11. The van der Waals surface area contributed by atoms with Crippen LogP contribution in [0.2, 0.25) is 0 Å². The summed E-state index contributed by atoms with van der Waals surface area (Å²) in [6, 6.07) is 5.55. The Morgan fingerprint density at radius 3 is 2.52 bits per heavy atom. The maximum Gasteiger partial charge on any atom is 0.307 e. The van der Waals surface area contributed by atoms with Gasteiger partial charge in [-0.3, -0.25) is 9.59 Å². The molecule has 1 aromatic rings. The fourth-order valence-corrected chi connectivity index (χ4v) is 2.78. The van der Waals surface area contributed by atoms with Crippen LogP contribution in [0, 0.1) is 17.8 Å². The highest BCUT2D eigenvalue weighted by Gasteiger charge is 2.41. The molecule has 0 aliphatic heterocycles. The van der Waals surface area contributed by atoms with Crippen molar-refractivity contribution in [2.45, 2.75) is 39.7 Å². The Bertz CT molecular complexity index is 614. The van der Waals surface area contributed by atoms with Crippen molar-refractivity contribution >= 4 is 11.9 Å². The molecule has 0 bridgehead atoms. The average molecular weight is 349 g/mol. The summed E-state index contributed by atoms with van der Waals surface area (Å²) in [7, 11) is 1.58. The Labute approximate surface area is 148 Å². The molecule has 1 amide bonds. The molecule has 138 valence electrons. The predicted molar refractivity (Wildman–Crippen MR) is 93.6 cm³/mol. The van der Waals surface area contributed by atoms with Crippen LogP contribution in [0.15, 0.2) is 18.2 Å². The van der Waals surface area contributed by atoms with Gasteiger partial charge >= 0.3 is 5.97 Å². The van der Waals surface area contributed by atoms with Crippen molar-refractivity contribution in [1.82, 2.24) is 5.32 Å². The Morgan fingerprint density at radius 2 is 1.96 bits per heavy atom. The molecule has 1 aromatic carbocycles. The summed E-state index contributed by atoms with van der Waals surface area (Å²) in [6.45, 7) is 5.25. The lowest BCUT2D eigenvalue weighted by molar-refractivity contribution is -0.152. The van der Waals surface area contributed by atoms with Crippen molar-refractivity contribution in [1.29, 1.82) is 0 Å². The Hall–Kier alpha value is -2.24. The van der Waals surface area contributed by atoms with Crippen molar-refractivity contribution in [3.05, 3.63) is 23.8 Å². The lowest BCUT2D eigenvalue weighted by Gasteiger charge is -2.31. The summed E-state index contributed by atoms with van der Waals surface area (Å²) >= 11 is 0. The maximum atomic E-state index is 12.1. The SMILES string of the molecule is COc1cc(CNC(=O)C2CCC2C(=O)O)ccc1OCCC(C)C. The summed E-state index contributed by atoms with van der Waals surface area (Å²) in [4.78, 5) is 23.1. The highest BCUT2D eigenvalue weighted by molar-refractivity contribution is 5.86. The number of ether oxygens (including phenoxy) is 2. The van der Waals surface area contributed by atoms with Crippen LogP contribution >= 0.6 is 0 Å². The summed E-state index contributed by atoms with van der Waals surface area (Å²) in [6.07, 6.45) is 2.17. The molecule has 0 spiro atoms. The van der Waals surface area contributed by atoms with E-state index in [-0.39, 0.29) is 5.91 Å². The molecule has 2 rings (SSSR count). The fraction of sp³-hybridized carbons (Fsp3) is 0.579. The molecule has 6 nitrogen and oxygen atoms in total. The van der Waals surface area contributed by atoms with E-state index in [0.717, 1.165) is 12.0 Å². The van der Waals surface area contributed by atoms with E-state index in [0.29, 0.717) is 43.4 Å². The number of carbonyl (C=O) groups is 2. The van der Waals surface area contributed by atoms with Crippen molar-refractivity contribution in [3.8, 4) is 11.5 Å². The van der Waals surface area contributed by atoms with Crippen LogP contribution in [0.1, 0.15) is 38.7 Å². The van der Waals surface area contributed by atoms with Crippen LogP contribution in [0.4, 0.5) is 0 Å². The first kappa shape index (κ1) is 19.1. The molecule has 0 aromatic heterocycles. The van der Waals surface area contributed by atoms with E-state index in [1.807, 2.05) is 18.2 Å². The van der Waals surface area contributed by atoms with E-state index < -0.39 is 17.8 Å². The van der Waals surface area contributed by atoms with Gasteiger partial charge in [0.2, 0.25) is 5.91 Å². The molecular formula is C19H27NO5. The number of carboxylic acid groups (broad SMARTS) is 1. The van der Waals surface area contributed by atoms with E-state index >= 15 is 0 Å². The molecule has 2 atom stereocenters. The minimum absolute atomic E-state index is 0.199. The molecule has 0 radical (unpaired) electrons. The van der Waals surface area contributed by atoms with Gasteiger partial charge < -0.3 is 19.9 Å². The number of benzene rings is 1. The summed E-state index contributed by atoms with van der Waals surface area (Å²) in [5, 5.41) is 11.8. The van der Waals surface area contributed by atoms with Gasteiger partial charge in [-0.2, -0.15) is 0 Å². The second kappa shape index (κ2) is 8.74. The van der Waals surface area contributed by atoms with Gasteiger partial charge in [0.05, 0.1) is 25.6 Å². The van der Waals surface area contributed by atoms with Gasteiger partial charge in [0.15, 0.2) is 11.5 Å². The van der Waals surface area contributed by atoms with E-state index in [1.54, 1.807) is 7.11 Å². The first-order valence-corrected chi connectivity index (χ1v) is 8.72. The first-order valence-electron chi connectivity index (χ1n) is 8.72. The third-order valence-electron chi connectivity index (χ3n) is 4.58. The van der Waals surface area contributed by atoms with Gasteiger partial charge in [0.25, 0.3) is 0 Å². The Morgan fingerprint density at radius 1 is 1.24 bits per heavy atom. The van der Waals surface area contributed by atoms with Gasteiger partial charge in [-0.1, -0.05) is 19.9 Å². The van der Waals surface area contributed by atoms with Crippen LogP contribution in [0.25, 0.3) is 0 Å². The number of carbonyl (C=O) groups excluding carboxylic acids is 1. The molecule has 0 heterocycles. The third-order valence-corrected chi connectivity index (χ3v) is 4.58. The zero-order valence-electron chi connectivity index (χ0n) is 15.1. The van der Waals surface area contributed by atoms with Crippen LogP contribution < -0.4 is 14.8 Å². The van der Waals surface area contributed by atoms with E-state index in [2.05, 4.69) is 19.2 Å². The number of hydrogen-bond acceptors (Lipinski definition) is 4. The summed E-state index contributed by atoms with van der Waals surface area (Å²) in [5.41, 5.74) is 0.882. The zero-order valence-corrected chi connectivity index (χ0v) is 15.1. The minimum Gasteiger partial charge on any atom is -0.493 e. The average Bonchev–Trinajstić information content (AvgIpc) is 2.51. The second-order valence-electron chi connectivity index (χ2n) is 6.86. The quantitative estimate of drug-likeness (QED) is 0.716. The molecule has 6 heteroatoms. The van der Waals surface area contributed by atoms with E-state index in [9.17, 15) is 9.59 Å². The van der Waals surface area contributed by atoms with Gasteiger partial charge in [-0.25, -0.2) is 0 Å². The van der Waals surface area contributed by atoms with Gasteiger partial charge in [0, 0.05) is 6.54 Å². The van der Waals surface area contributed by atoms with Gasteiger partial charge in [-0.15, -0.1) is 0 Å². The molecule has 1 saturated carbocycles. The van der Waals surface area contributed by atoms with Gasteiger partial charge in [-0.05, 0) is 42.9 Å². The molecule has 2 N–H and O–H groups in total. The highest BCUT2D eigenvalue weighted by Crippen LogP contribution is 2.34. The topological polar surface area (TPSA) is 84.9 Å². The van der Waals surface area contributed by atoms with Crippen molar-refractivity contribution in [2.75, 3.05) is 13.7 Å². The lowest BCUT2D eigenvalue weighted by atomic mass is 9.73. The van der Waals surface area contributed by atoms with Crippen molar-refractivity contribution < 1.29 is 24.2 Å². The van der Waals surface area contributed by atoms with Crippen LogP contribution in [0.3, 0.4) is 0 Å². The first-order chi connectivity index (χ1) is 11.9. The largest absolute Gasteiger partial charge is 0.493 e. The number of rotatable bonds is 9. The smallest absolute Gasteiger partial charge is 0.307 e. The van der Waals surface area contributed by atoms with E-state index in [4.69, 9.17) is 14.6 Å². The number of aliphatic carboxylic acids is 1. The summed E-state index contributed by atoms with van der Waals surface area (Å²) in [5.74, 6) is -0.178. The number of hydrogen-bond donors (Lipinski definition) is 2. The number of nitrogens with one attached hydrogen (secondary N) is 1. The van der Waals surface area contributed by atoms with Gasteiger partial charge in [0.1, 0.15) is 0 Å². The summed E-state index contributed by atoms with van der Waals surface area (Å²) < 4.78 is 11.1. The maximum absolute atomic E-state index is 12.1. The lowest BCUT2D eigenvalue weighted by Crippen LogP contribution is -2.43. The molecular weight excluding hydrogens is 322 g/mol. The monoisotopic (exact) mass is 349 g/mol. The zero-order chi connectivity index (χ0) is 18.4. The van der Waals surface area contributed by atoms with Crippen LogP contribution in [-0.4, -0.2) is 30.7 Å². The molecule has 0 saturated heterocycles. The Balaban J connectivity index is 1.89. The standard InChI is InChI=1S/C19H27NO5/c1-12(2)8-9-25-16-7-4-13(10-17(16)24-3)11-20-18(21)14-5-6-15(14)19(22)23/h4,7,10,12,14-15H,5-6,8-9,11H2,1-3H3,(H,20,21)(H,22,23). The molecule has 1 aliphatic carbocycles. The molecule has 1 aliphatic rings. The van der Waals surface area contributed by atoms with Crippen molar-refractivity contribution in [2.24, 2.45) is 17.8 Å². The van der Waals surface area contributed by atoms with E-state index in [1.165, 1.54) is 0 Å². The second-order valence-corrected chi connectivity index (χ2v) is 6.86. The minimum atomic E-state index is -0.893. The van der Waals surface area contributed by atoms with Crippen molar-refractivity contribution in [3.63, 3.8) is 0 Å². The highest BCUT2D eigenvalue weighted by atomic mass is 16.5. The molecule has 2 unspecified atom stereocenters. The van der Waals surface area contributed by atoms with Crippen LogP contribution in [-0.2, 0) is 16.1 Å². The number of carboxylic acids is 1. The fourth-order valence-electron chi connectivity index (χ4n) is 2.78.